The minimum absolute atomic E-state index is 0.0148. The maximum Gasteiger partial charge on any atom is 0.345 e. The summed E-state index contributed by atoms with van der Waals surface area (Å²) in [4.78, 5) is 36.6. The Morgan fingerprint density at radius 2 is 2.26 bits per heavy atom. The van der Waals surface area contributed by atoms with Crippen molar-refractivity contribution < 1.29 is 4.79 Å². The standard InChI is InChI=1S/C16H19N5O2/c1-10-8-12(20-16(23)19-10)15(22)21-7-3-4-13(21)11-5-6-18-14(9-11)17-2/h5-6,8-9,13H,3-4,7H2,1-2H3,(H,17,18)(H,19,20,23). The molecule has 1 amide bonds. The Hall–Kier alpha value is -2.70. The Kier molecular flexibility index (Phi) is 4.10. The Balaban J connectivity index is 1.91. The molecule has 1 unspecified atom stereocenters. The molecule has 1 aliphatic heterocycles. The van der Waals surface area contributed by atoms with Gasteiger partial charge in [-0.25, -0.2) is 9.78 Å². The van der Waals surface area contributed by atoms with Gasteiger partial charge in [-0.1, -0.05) is 0 Å². The van der Waals surface area contributed by atoms with E-state index in [9.17, 15) is 9.59 Å². The highest BCUT2D eigenvalue weighted by molar-refractivity contribution is 5.92. The van der Waals surface area contributed by atoms with E-state index >= 15 is 0 Å². The van der Waals surface area contributed by atoms with E-state index in [1.54, 1.807) is 24.1 Å². The molecular weight excluding hydrogens is 294 g/mol. The average Bonchev–Trinajstić information content (AvgIpc) is 3.03. The van der Waals surface area contributed by atoms with Gasteiger partial charge >= 0.3 is 5.69 Å². The number of pyridine rings is 1. The summed E-state index contributed by atoms with van der Waals surface area (Å²) in [6.07, 6.45) is 3.55. The summed E-state index contributed by atoms with van der Waals surface area (Å²) in [6, 6.07) is 5.48. The van der Waals surface area contributed by atoms with Gasteiger partial charge in [0.2, 0.25) is 0 Å². The zero-order chi connectivity index (χ0) is 16.4. The summed E-state index contributed by atoms with van der Waals surface area (Å²) in [5.41, 5.74) is 1.37. The van der Waals surface area contributed by atoms with E-state index in [4.69, 9.17) is 0 Å². The minimum atomic E-state index is -0.495. The number of amides is 1. The molecule has 0 aliphatic carbocycles. The highest BCUT2D eigenvalue weighted by atomic mass is 16.2. The lowest BCUT2D eigenvalue weighted by Crippen LogP contribution is -2.33. The number of carbonyl (C=O) groups excluding carboxylic acids is 1. The highest BCUT2D eigenvalue weighted by Gasteiger charge is 2.31. The van der Waals surface area contributed by atoms with Crippen LogP contribution in [0.25, 0.3) is 0 Å². The maximum atomic E-state index is 12.8. The van der Waals surface area contributed by atoms with Gasteiger partial charge in [-0.3, -0.25) is 4.79 Å². The molecule has 0 bridgehead atoms. The molecule has 1 fully saturated rings. The fraction of sp³-hybridized carbons (Fsp3) is 0.375. The van der Waals surface area contributed by atoms with Crippen molar-refractivity contribution in [3.05, 3.63) is 51.8 Å². The predicted octanol–water partition coefficient (Wildman–Crippen LogP) is 1.49. The van der Waals surface area contributed by atoms with Crippen LogP contribution in [0.3, 0.4) is 0 Å². The summed E-state index contributed by atoms with van der Waals surface area (Å²) in [7, 11) is 1.81. The third-order valence-electron chi connectivity index (χ3n) is 4.04. The van der Waals surface area contributed by atoms with Crippen molar-refractivity contribution in [3.63, 3.8) is 0 Å². The molecule has 120 valence electrons. The van der Waals surface area contributed by atoms with Crippen molar-refractivity contribution >= 4 is 11.7 Å². The minimum Gasteiger partial charge on any atom is -0.373 e. The van der Waals surface area contributed by atoms with Gasteiger partial charge in [-0.2, -0.15) is 4.98 Å². The molecule has 1 atom stereocenters. The number of hydrogen-bond acceptors (Lipinski definition) is 5. The maximum absolute atomic E-state index is 12.8. The van der Waals surface area contributed by atoms with Crippen LogP contribution in [0.5, 0.6) is 0 Å². The monoisotopic (exact) mass is 313 g/mol. The molecule has 2 aromatic rings. The van der Waals surface area contributed by atoms with Crippen molar-refractivity contribution in [1.29, 1.82) is 0 Å². The topological polar surface area (TPSA) is 91.0 Å². The number of aromatic nitrogens is 3. The van der Waals surface area contributed by atoms with Crippen LogP contribution in [-0.4, -0.2) is 39.4 Å². The summed E-state index contributed by atoms with van der Waals surface area (Å²) >= 11 is 0. The molecule has 1 aliphatic rings. The van der Waals surface area contributed by atoms with Crippen molar-refractivity contribution in [1.82, 2.24) is 19.9 Å². The molecule has 7 heteroatoms. The molecule has 2 N–H and O–H groups in total. The van der Waals surface area contributed by atoms with Crippen LogP contribution >= 0.6 is 0 Å². The molecule has 3 rings (SSSR count). The van der Waals surface area contributed by atoms with E-state index in [1.165, 1.54) is 0 Å². The first-order valence-electron chi connectivity index (χ1n) is 7.61. The molecule has 2 aromatic heterocycles. The smallest absolute Gasteiger partial charge is 0.345 e. The SMILES string of the molecule is CNc1cc(C2CCCN2C(=O)c2cc(C)[nH]c(=O)n2)ccn1. The summed E-state index contributed by atoms with van der Waals surface area (Å²) in [5.74, 6) is 0.566. The van der Waals surface area contributed by atoms with Crippen LogP contribution < -0.4 is 11.0 Å². The van der Waals surface area contributed by atoms with Crippen LogP contribution in [0.15, 0.2) is 29.2 Å². The fourth-order valence-corrected chi connectivity index (χ4v) is 2.98. The third kappa shape index (κ3) is 3.08. The second kappa shape index (κ2) is 6.20. The number of anilines is 1. The number of rotatable bonds is 3. The number of nitrogens with one attached hydrogen (secondary N) is 2. The predicted molar refractivity (Wildman–Crippen MR) is 86.4 cm³/mol. The number of aryl methyl sites for hydroxylation is 1. The molecule has 7 nitrogen and oxygen atoms in total. The number of hydrogen-bond donors (Lipinski definition) is 2. The van der Waals surface area contributed by atoms with Crippen molar-refractivity contribution in [2.45, 2.75) is 25.8 Å². The largest absolute Gasteiger partial charge is 0.373 e. The molecule has 0 aromatic carbocycles. The summed E-state index contributed by atoms with van der Waals surface area (Å²) in [6.45, 7) is 2.40. The average molecular weight is 313 g/mol. The number of H-pyrrole nitrogens is 1. The normalized spacial score (nSPS) is 17.3. The first kappa shape index (κ1) is 15.2. The van der Waals surface area contributed by atoms with Crippen LogP contribution in [0.4, 0.5) is 5.82 Å². The zero-order valence-electron chi connectivity index (χ0n) is 13.2. The summed E-state index contributed by atoms with van der Waals surface area (Å²) in [5, 5.41) is 3.01. The molecule has 3 heterocycles. The van der Waals surface area contributed by atoms with Crippen LogP contribution in [0, 0.1) is 6.92 Å². The molecule has 0 saturated carbocycles. The third-order valence-corrected chi connectivity index (χ3v) is 4.04. The summed E-state index contributed by atoms with van der Waals surface area (Å²) < 4.78 is 0. The van der Waals surface area contributed by atoms with Gasteiger partial charge < -0.3 is 15.2 Å². The number of carbonyl (C=O) groups is 1. The molecule has 23 heavy (non-hydrogen) atoms. The lowest BCUT2D eigenvalue weighted by molar-refractivity contribution is 0.0729. The Morgan fingerprint density at radius 3 is 3.00 bits per heavy atom. The van der Waals surface area contributed by atoms with E-state index in [2.05, 4.69) is 20.3 Å². The second-order valence-corrected chi connectivity index (χ2v) is 5.64. The van der Waals surface area contributed by atoms with Crippen LogP contribution in [0.1, 0.15) is 40.6 Å². The van der Waals surface area contributed by atoms with Gasteiger partial charge in [-0.05, 0) is 43.5 Å². The molecule has 0 radical (unpaired) electrons. The number of nitrogens with zero attached hydrogens (tertiary/aromatic N) is 3. The zero-order valence-corrected chi connectivity index (χ0v) is 13.2. The quantitative estimate of drug-likeness (QED) is 0.896. The van der Waals surface area contributed by atoms with Crippen molar-refractivity contribution in [2.75, 3.05) is 18.9 Å². The molecule has 1 saturated heterocycles. The van der Waals surface area contributed by atoms with Crippen LogP contribution in [0.2, 0.25) is 0 Å². The second-order valence-electron chi connectivity index (χ2n) is 5.64. The Morgan fingerprint density at radius 1 is 1.43 bits per heavy atom. The van der Waals surface area contributed by atoms with E-state index in [1.807, 2.05) is 19.2 Å². The van der Waals surface area contributed by atoms with Gasteiger partial charge in [0.15, 0.2) is 0 Å². The first-order chi connectivity index (χ1) is 11.1. The first-order valence-corrected chi connectivity index (χ1v) is 7.61. The van der Waals surface area contributed by atoms with Crippen molar-refractivity contribution in [3.8, 4) is 0 Å². The highest BCUT2D eigenvalue weighted by Crippen LogP contribution is 2.33. The Labute approximate surface area is 133 Å². The molecular formula is C16H19N5O2. The van der Waals surface area contributed by atoms with Gasteiger partial charge in [0.1, 0.15) is 11.5 Å². The lowest BCUT2D eigenvalue weighted by atomic mass is 10.1. The number of likely N-dealkylation sites (tertiary alicyclic amines) is 1. The fourth-order valence-electron chi connectivity index (χ4n) is 2.98. The Bertz CT molecular complexity index is 786. The van der Waals surface area contributed by atoms with Gasteiger partial charge in [0.05, 0.1) is 6.04 Å². The van der Waals surface area contributed by atoms with Crippen LogP contribution in [-0.2, 0) is 0 Å². The van der Waals surface area contributed by atoms with E-state index in [0.717, 1.165) is 24.2 Å². The van der Waals surface area contributed by atoms with E-state index in [0.29, 0.717) is 12.2 Å². The lowest BCUT2D eigenvalue weighted by Gasteiger charge is -2.25. The molecule has 0 spiro atoms. The van der Waals surface area contributed by atoms with E-state index < -0.39 is 5.69 Å². The van der Waals surface area contributed by atoms with Crippen molar-refractivity contribution in [2.24, 2.45) is 0 Å². The van der Waals surface area contributed by atoms with E-state index in [-0.39, 0.29) is 17.6 Å². The van der Waals surface area contributed by atoms with Gasteiger partial charge in [0.25, 0.3) is 5.91 Å². The van der Waals surface area contributed by atoms with Gasteiger partial charge in [0, 0.05) is 25.5 Å². The number of aromatic amines is 1. The van der Waals surface area contributed by atoms with Gasteiger partial charge in [-0.15, -0.1) is 0 Å².